The number of carbonyl (C=O) groups is 1. The molecule has 0 heterocycles. The molecule has 0 amide bonds. The average molecular weight is 137 g/mol. The van der Waals surface area contributed by atoms with E-state index in [1.54, 1.807) is 0 Å². The zero-order chi connectivity index (χ0) is 6.57. The Bertz CT molecular complexity index is 84.6. The Morgan fingerprint density at radius 1 is 2.00 bits per heavy atom. The third-order valence-electron chi connectivity index (χ3n) is 0.518. The van der Waals surface area contributed by atoms with Crippen molar-refractivity contribution in [2.45, 2.75) is 13.0 Å². The summed E-state index contributed by atoms with van der Waals surface area (Å²) in [5, 5.41) is 0. The van der Waals surface area contributed by atoms with E-state index in [1.807, 2.05) is 0 Å². The van der Waals surface area contributed by atoms with Crippen LogP contribution in [0.25, 0.3) is 0 Å². The zero-order valence-electron chi connectivity index (χ0n) is 4.42. The molecule has 2 atom stereocenters. The van der Waals surface area contributed by atoms with Gasteiger partial charge in [0.2, 0.25) is 9.03 Å². The van der Waals surface area contributed by atoms with Crippen molar-refractivity contribution in [3.05, 3.63) is 0 Å². The molecule has 0 rings (SSSR count). The molecule has 0 fully saturated rings. The van der Waals surface area contributed by atoms with Crippen LogP contribution >= 0.6 is 9.03 Å². The third kappa shape index (κ3) is 2.91. The minimum Gasteiger partial charge on any atom is -0.419 e. The summed E-state index contributed by atoms with van der Waals surface area (Å²) in [6.07, 6.45) is 0. The van der Waals surface area contributed by atoms with Crippen molar-refractivity contribution in [3.63, 3.8) is 0 Å². The summed E-state index contributed by atoms with van der Waals surface area (Å²) in [6.45, 7) is 1.49. The number of carbonyl (C=O) groups excluding carboxylic acids is 1. The maximum absolute atomic E-state index is 10.2. The van der Waals surface area contributed by atoms with Crippen LogP contribution < -0.4 is 5.73 Å². The van der Waals surface area contributed by atoms with E-state index in [-0.39, 0.29) is 0 Å². The molecule has 0 aliphatic heterocycles. The second kappa shape index (κ2) is 3.78. The van der Waals surface area contributed by atoms with E-state index >= 15 is 0 Å². The van der Waals surface area contributed by atoms with Crippen molar-refractivity contribution < 1.29 is 14.2 Å². The Morgan fingerprint density at radius 3 is 2.62 bits per heavy atom. The summed E-state index contributed by atoms with van der Waals surface area (Å²) in [5.74, 6) is -0.578. The number of nitrogens with two attached hydrogens (primary N) is 1. The summed E-state index contributed by atoms with van der Waals surface area (Å²) < 4.78 is 4.12. The van der Waals surface area contributed by atoms with Gasteiger partial charge in [-0.3, -0.25) is 4.79 Å². The predicted molar refractivity (Wildman–Crippen MR) is 30.3 cm³/mol. The molecule has 48 valence electrons. The summed E-state index contributed by atoms with van der Waals surface area (Å²) >= 11 is 0. The van der Waals surface area contributed by atoms with Crippen LogP contribution in [0.1, 0.15) is 6.92 Å². The Morgan fingerprint density at radius 2 is 2.50 bits per heavy atom. The van der Waals surface area contributed by atoms with Crippen LogP contribution in [-0.2, 0) is 9.32 Å². The highest BCUT2D eigenvalue weighted by atomic mass is 31.1. The molecule has 0 bridgehead atoms. The van der Waals surface area contributed by atoms with Gasteiger partial charge in [0.1, 0.15) is 6.04 Å². The Hall–Kier alpha value is -0.180. The Labute approximate surface area is 49.0 Å². The topological polar surface area (TPSA) is 72.6 Å². The van der Waals surface area contributed by atoms with Crippen molar-refractivity contribution in [2.24, 2.45) is 5.73 Å². The summed E-state index contributed by atoms with van der Waals surface area (Å²) in [4.78, 5) is 18.3. The number of hydrogen-bond acceptors (Lipinski definition) is 4. The molecule has 1 unspecified atom stereocenters. The van der Waals surface area contributed by atoms with Crippen LogP contribution in [0.5, 0.6) is 0 Å². The number of hydrogen-bond donors (Lipinski definition) is 2. The lowest BCUT2D eigenvalue weighted by Crippen LogP contribution is -2.26. The average Bonchev–Trinajstić information content (AvgIpc) is 1.67. The second-order valence-corrected chi connectivity index (χ2v) is 1.69. The van der Waals surface area contributed by atoms with Crippen molar-refractivity contribution in [3.8, 4) is 0 Å². The van der Waals surface area contributed by atoms with Gasteiger partial charge in [-0.1, -0.05) is 0 Å². The van der Waals surface area contributed by atoms with E-state index < -0.39 is 21.0 Å². The van der Waals surface area contributed by atoms with Crippen LogP contribution in [0.2, 0.25) is 0 Å². The van der Waals surface area contributed by atoms with Crippen LogP contribution in [0, 0.1) is 0 Å². The van der Waals surface area contributed by atoms with Gasteiger partial charge >= 0.3 is 5.97 Å². The van der Waals surface area contributed by atoms with E-state index in [0.29, 0.717) is 0 Å². The zero-order valence-corrected chi connectivity index (χ0v) is 5.42. The first kappa shape index (κ1) is 7.82. The smallest absolute Gasteiger partial charge is 0.327 e. The van der Waals surface area contributed by atoms with E-state index in [9.17, 15) is 4.79 Å². The molecule has 0 spiro atoms. The normalized spacial score (nSPS) is 14.4. The van der Waals surface area contributed by atoms with Crippen molar-refractivity contribution >= 4 is 15.0 Å². The molecule has 0 aliphatic rings. The predicted octanol–water partition coefficient (Wildman–Crippen LogP) is -0.622. The lowest BCUT2D eigenvalue weighted by atomic mass is 10.4. The molecule has 4 nitrogen and oxygen atoms in total. The van der Waals surface area contributed by atoms with Crippen LogP contribution in [0.3, 0.4) is 0 Å². The molecule has 8 heavy (non-hydrogen) atoms. The standard InChI is InChI=1S/C3H8NO3P/c1-2(4)3(5)7-8-6/h2,6,8H,4H2,1H3/t2-/m1/s1. The fraction of sp³-hybridized carbons (Fsp3) is 0.667. The lowest BCUT2D eigenvalue weighted by molar-refractivity contribution is -0.134. The highest BCUT2D eigenvalue weighted by Gasteiger charge is 2.06. The first-order valence-electron chi connectivity index (χ1n) is 2.04. The summed E-state index contributed by atoms with van der Waals surface area (Å²) in [7, 11) is -0.799. The molecule has 3 N–H and O–H groups in total. The number of rotatable bonds is 2. The van der Waals surface area contributed by atoms with Gasteiger partial charge in [0.05, 0.1) is 0 Å². The van der Waals surface area contributed by atoms with Crippen LogP contribution in [-0.4, -0.2) is 16.9 Å². The van der Waals surface area contributed by atoms with Crippen LogP contribution in [0.15, 0.2) is 0 Å². The van der Waals surface area contributed by atoms with Crippen molar-refractivity contribution in [2.75, 3.05) is 0 Å². The maximum atomic E-state index is 10.2. The minimum absolute atomic E-state index is 0.578. The van der Waals surface area contributed by atoms with E-state index in [0.717, 1.165) is 0 Å². The fourth-order valence-corrected chi connectivity index (χ4v) is 0.414. The van der Waals surface area contributed by atoms with E-state index in [1.165, 1.54) is 6.92 Å². The van der Waals surface area contributed by atoms with Crippen LogP contribution in [0.4, 0.5) is 0 Å². The summed E-state index contributed by atoms with van der Waals surface area (Å²) in [6, 6.07) is -0.644. The molecule has 5 heteroatoms. The largest absolute Gasteiger partial charge is 0.419 e. The van der Waals surface area contributed by atoms with E-state index in [2.05, 4.69) is 4.52 Å². The third-order valence-corrected chi connectivity index (χ3v) is 0.810. The van der Waals surface area contributed by atoms with Gasteiger partial charge in [-0.2, -0.15) is 0 Å². The molecule has 0 radical (unpaired) electrons. The molecule has 0 saturated carbocycles. The van der Waals surface area contributed by atoms with Gasteiger partial charge in [-0.15, -0.1) is 0 Å². The summed E-state index contributed by atoms with van der Waals surface area (Å²) in [5.41, 5.74) is 5.04. The quantitative estimate of drug-likeness (QED) is 0.497. The molecular formula is C3H8NO3P. The van der Waals surface area contributed by atoms with Gasteiger partial charge in [0, 0.05) is 0 Å². The van der Waals surface area contributed by atoms with Gasteiger partial charge < -0.3 is 15.2 Å². The fourth-order valence-electron chi connectivity index (χ4n) is 0.138. The van der Waals surface area contributed by atoms with Gasteiger partial charge in [-0.05, 0) is 6.92 Å². The molecule has 0 aromatic carbocycles. The first-order valence-corrected chi connectivity index (χ1v) is 2.89. The van der Waals surface area contributed by atoms with Gasteiger partial charge in [0.25, 0.3) is 0 Å². The Balaban J connectivity index is 3.33. The first-order chi connectivity index (χ1) is 3.68. The maximum Gasteiger partial charge on any atom is 0.327 e. The highest BCUT2D eigenvalue weighted by molar-refractivity contribution is 7.25. The van der Waals surface area contributed by atoms with Crippen molar-refractivity contribution in [1.29, 1.82) is 0 Å². The molecule has 0 aromatic rings. The Kier molecular flexibility index (Phi) is 3.69. The highest BCUT2D eigenvalue weighted by Crippen LogP contribution is 2.03. The molecular weight excluding hydrogens is 129 g/mol. The van der Waals surface area contributed by atoms with Gasteiger partial charge in [-0.25, -0.2) is 0 Å². The molecule has 0 saturated heterocycles. The monoisotopic (exact) mass is 137 g/mol. The second-order valence-electron chi connectivity index (χ2n) is 1.30. The molecule has 0 aromatic heterocycles. The van der Waals surface area contributed by atoms with E-state index in [4.69, 9.17) is 10.6 Å². The van der Waals surface area contributed by atoms with Crippen molar-refractivity contribution in [1.82, 2.24) is 0 Å². The SMILES string of the molecule is C[C@@H](N)C(=O)OPO. The van der Waals surface area contributed by atoms with Gasteiger partial charge in [0.15, 0.2) is 0 Å². The molecule has 0 aliphatic carbocycles. The minimum atomic E-state index is -0.799. The lowest BCUT2D eigenvalue weighted by Gasteiger charge is -2.00.